The molecule has 1 saturated heterocycles. The van der Waals surface area contributed by atoms with Gasteiger partial charge in [0.05, 0.1) is 11.8 Å². The Labute approximate surface area is 143 Å². The molecule has 1 aliphatic rings. The third kappa shape index (κ3) is 3.88. The molecule has 3 rings (SSSR count). The van der Waals surface area contributed by atoms with Crippen molar-refractivity contribution in [3.05, 3.63) is 42.0 Å². The zero-order valence-corrected chi connectivity index (χ0v) is 14.5. The van der Waals surface area contributed by atoms with Crippen molar-refractivity contribution in [1.29, 1.82) is 0 Å². The number of ether oxygens (including phenoxy) is 1. The van der Waals surface area contributed by atoms with Crippen molar-refractivity contribution in [3.8, 4) is 0 Å². The number of hydrogen-bond acceptors (Lipinski definition) is 2. The maximum absolute atomic E-state index is 12.5. The van der Waals surface area contributed by atoms with Gasteiger partial charge in [0.1, 0.15) is 0 Å². The summed E-state index contributed by atoms with van der Waals surface area (Å²) in [5.41, 5.74) is 1.99. The van der Waals surface area contributed by atoms with Crippen molar-refractivity contribution >= 4 is 22.5 Å². The number of fused-ring (bicyclic) bond motifs is 1. The maximum atomic E-state index is 12.5. The van der Waals surface area contributed by atoms with Crippen LogP contribution in [0.3, 0.4) is 0 Å². The monoisotopic (exact) mass is 326 g/mol. The molecule has 0 aliphatic carbocycles. The van der Waals surface area contributed by atoms with E-state index >= 15 is 0 Å². The fraction of sp³-hybridized carbons (Fsp3) is 0.450. The van der Waals surface area contributed by atoms with E-state index in [1.807, 2.05) is 26.1 Å². The van der Waals surface area contributed by atoms with Gasteiger partial charge in [-0.2, -0.15) is 0 Å². The van der Waals surface area contributed by atoms with Gasteiger partial charge in [0.15, 0.2) is 0 Å². The molecule has 1 fully saturated rings. The first-order chi connectivity index (χ1) is 11.6. The van der Waals surface area contributed by atoms with Crippen LogP contribution in [0.25, 0.3) is 10.8 Å². The van der Waals surface area contributed by atoms with Crippen LogP contribution in [-0.4, -0.2) is 37.2 Å². The lowest BCUT2D eigenvalue weighted by Gasteiger charge is -2.20. The van der Waals surface area contributed by atoms with Crippen molar-refractivity contribution in [1.82, 2.24) is 4.90 Å². The molecule has 2 aromatic rings. The Hall–Kier alpha value is -2.07. The normalized spacial score (nSPS) is 17.2. The zero-order valence-electron chi connectivity index (χ0n) is 14.5. The second-order valence-electron chi connectivity index (χ2n) is 6.61. The highest BCUT2D eigenvalue weighted by Gasteiger charge is 2.16. The van der Waals surface area contributed by atoms with E-state index in [0.717, 1.165) is 54.4 Å². The Bertz CT molecular complexity index is 708. The van der Waals surface area contributed by atoms with Crippen LogP contribution in [0.15, 0.2) is 36.4 Å². The Morgan fingerprint density at radius 2 is 2.12 bits per heavy atom. The zero-order chi connectivity index (χ0) is 16.9. The van der Waals surface area contributed by atoms with Gasteiger partial charge in [-0.05, 0) is 43.6 Å². The largest absolute Gasteiger partial charge is 0.378 e. The van der Waals surface area contributed by atoms with E-state index in [-0.39, 0.29) is 6.03 Å². The summed E-state index contributed by atoms with van der Waals surface area (Å²) in [6.07, 6.45) is 4.72. The summed E-state index contributed by atoms with van der Waals surface area (Å²) in [5, 5.41) is 5.31. The lowest BCUT2D eigenvalue weighted by molar-refractivity contribution is 0.101. The van der Waals surface area contributed by atoms with Crippen LogP contribution in [0.2, 0.25) is 0 Å². The number of urea groups is 1. The van der Waals surface area contributed by atoms with Crippen LogP contribution < -0.4 is 5.32 Å². The van der Waals surface area contributed by atoms with E-state index < -0.39 is 0 Å². The van der Waals surface area contributed by atoms with E-state index in [1.165, 1.54) is 6.42 Å². The number of carbonyl (C=O) groups excluding carboxylic acids is 1. The van der Waals surface area contributed by atoms with Crippen molar-refractivity contribution in [2.75, 3.05) is 25.5 Å². The first kappa shape index (κ1) is 16.8. The van der Waals surface area contributed by atoms with Crippen molar-refractivity contribution < 1.29 is 9.53 Å². The molecule has 1 atom stereocenters. The maximum Gasteiger partial charge on any atom is 0.321 e. The number of nitrogens with zero attached hydrogens (tertiary/aromatic N) is 1. The summed E-state index contributed by atoms with van der Waals surface area (Å²) in [4.78, 5) is 14.3. The summed E-state index contributed by atoms with van der Waals surface area (Å²) >= 11 is 0. The van der Waals surface area contributed by atoms with Crippen molar-refractivity contribution in [2.24, 2.45) is 0 Å². The first-order valence-corrected chi connectivity index (χ1v) is 8.77. The van der Waals surface area contributed by atoms with Gasteiger partial charge in [0, 0.05) is 25.6 Å². The predicted molar refractivity (Wildman–Crippen MR) is 98.5 cm³/mol. The van der Waals surface area contributed by atoms with Gasteiger partial charge < -0.3 is 15.0 Å². The lowest BCUT2D eigenvalue weighted by Crippen LogP contribution is -2.32. The van der Waals surface area contributed by atoms with Crippen LogP contribution in [-0.2, 0) is 4.74 Å². The molecule has 0 aromatic heterocycles. The topological polar surface area (TPSA) is 41.6 Å². The van der Waals surface area contributed by atoms with Gasteiger partial charge in [-0.15, -0.1) is 0 Å². The van der Waals surface area contributed by atoms with Crippen molar-refractivity contribution in [3.63, 3.8) is 0 Å². The molecule has 0 radical (unpaired) electrons. The second-order valence-corrected chi connectivity index (χ2v) is 6.61. The highest BCUT2D eigenvalue weighted by atomic mass is 16.5. The number of carbonyl (C=O) groups is 1. The molecule has 4 nitrogen and oxygen atoms in total. The summed E-state index contributed by atoms with van der Waals surface area (Å²) in [6.45, 7) is 3.66. The van der Waals surface area contributed by atoms with Crippen LogP contribution in [0.4, 0.5) is 10.5 Å². The Morgan fingerprint density at radius 3 is 2.92 bits per heavy atom. The molecular formula is C20H26N2O2. The summed E-state index contributed by atoms with van der Waals surface area (Å²) < 4.78 is 5.64. The van der Waals surface area contributed by atoms with E-state index in [1.54, 1.807) is 4.90 Å². The summed E-state index contributed by atoms with van der Waals surface area (Å²) in [6, 6.07) is 12.2. The van der Waals surface area contributed by atoms with Crippen molar-refractivity contribution in [2.45, 2.75) is 38.7 Å². The number of amides is 2. The van der Waals surface area contributed by atoms with E-state index in [2.05, 4.69) is 29.6 Å². The fourth-order valence-electron chi connectivity index (χ4n) is 3.28. The Balaban J connectivity index is 1.60. The van der Waals surface area contributed by atoms with Gasteiger partial charge in [0.2, 0.25) is 0 Å². The minimum Gasteiger partial charge on any atom is -0.378 e. The molecule has 0 bridgehead atoms. The second kappa shape index (κ2) is 7.67. The molecule has 0 saturated carbocycles. The third-order valence-electron chi connectivity index (χ3n) is 4.76. The summed E-state index contributed by atoms with van der Waals surface area (Å²) in [5.74, 6) is 0. The third-order valence-corrected chi connectivity index (χ3v) is 4.76. The molecule has 1 heterocycles. The van der Waals surface area contributed by atoms with E-state index in [0.29, 0.717) is 6.10 Å². The molecular weight excluding hydrogens is 300 g/mol. The van der Waals surface area contributed by atoms with E-state index in [4.69, 9.17) is 4.74 Å². The van der Waals surface area contributed by atoms with Crippen LogP contribution in [0, 0.1) is 6.92 Å². The minimum absolute atomic E-state index is 0.0539. The molecule has 1 N–H and O–H groups in total. The minimum atomic E-state index is -0.0539. The van der Waals surface area contributed by atoms with Gasteiger partial charge in [-0.1, -0.05) is 36.4 Å². The molecule has 2 amide bonds. The molecule has 24 heavy (non-hydrogen) atoms. The van der Waals surface area contributed by atoms with Crippen LogP contribution >= 0.6 is 0 Å². The average molecular weight is 326 g/mol. The fourth-order valence-corrected chi connectivity index (χ4v) is 3.28. The Morgan fingerprint density at radius 1 is 1.29 bits per heavy atom. The number of nitrogens with one attached hydrogen (secondary N) is 1. The van der Waals surface area contributed by atoms with Gasteiger partial charge in [0.25, 0.3) is 0 Å². The molecule has 1 aliphatic heterocycles. The number of anilines is 1. The molecule has 4 heteroatoms. The molecule has 0 spiro atoms. The molecule has 0 unspecified atom stereocenters. The quantitative estimate of drug-likeness (QED) is 0.874. The lowest BCUT2D eigenvalue weighted by atomic mass is 10.0. The van der Waals surface area contributed by atoms with Gasteiger partial charge in [-0.3, -0.25) is 0 Å². The average Bonchev–Trinajstić information content (AvgIpc) is 3.10. The number of aryl methyl sites for hydroxylation is 1. The number of rotatable bonds is 5. The van der Waals surface area contributed by atoms with Crippen LogP contribution in [0.5, 0.6) is 0 Å². The SMILES string of the molecule is Cc1ccc2ccccc2c1NC(=O)N(C)CCC[C@H]1CCCO1. The molecule has 2 aromatic carbocycles. The first-order valence-electron chi connectivity index (χ1n) is 8.77. The predicted octanol–water partition coefficient (Wildman–Crippen LogP) is 4.57. The summed E-state index contributed by atoms with van der Waals surface area (Å²) in [7, 11) is 1.85. The Kier molecular flexibility index (Phi) is 5.36. The number of hydrogen-bond donors (Lipinski definition) is 1. The smallest absolute Gasteiger partial charge is 0.321 e. The van der Waals surface area contributed by atoms with Gasteiger partial charge in [-0.25, -0.2) is 4.79 Å². The highest BCUT2D eigenvalue weighted by Crippen LogP contribution is 2.27. The van der Waals surface area contributed by atoms with Gasteiger partial charge >= 0.3 is 6.03 Å². The standard InChI is InChI=1S/C20H26N2O2/c1-15-11-12-16-7-3-4-10-18(16)19(15)21-20(23)22(2)13-5-8-17-9-6-14-24-17/h3-4,7,10-12,17H,5-6,8-9,13-14H2,1-2H3,(H,21,23)/t17-/m0/s1. The molecule has 128 valence electrons. The van der Waals surface area contributed by atoms with E-state index in [9.17, 15) is 4.79 Å². The highest BCUT2D eigenvalue weighted by molar-refractivity contribution is 6.02. The van der Waals surface area contributed by atoms with Crippen LogP contribution in [0.1, 0.15) is 31.2 Å². The number of benzene rings is 2.